The van der Waals surface area contributed by atoms with Gasteiger partial charge in [-0.2, -0.15) is 0 Å². The van der Waals surface area contributed by atoms with Crippen molar-refractivity contribution in [3.8, 4) is 5.69 Å². The molecule has 0 saturated carbocycles. The fourth-order valence-corrected chi connectivity index (χ4v) is 4.89. The Bertz CT molecular complexity index is 1660. The van der Waals surface area contributed by atoms with E-state index in [2.05, 4.69) is 10.6 Å². The third-order valence-corrected chi connectivity index (χ3v) is 7.06. The molecule has 3 N–H and O–H groups in total. The summed E-state index contributed by atoms with van der Waals surface area (Å²) in [7, 11) is 3.45. The Morgan fingerprint density at radius 2 is 1.62 bits per heavy atom. The quantitative estimate of drug-likeness (QED) is 0.285. The lowest BCUT2D eigenvalue weighted by Gasteiger charge is -2.16. The molecule has 0 aliphatic heterocycles. The maximum atomic E-state index is 13.4. The van der Waals surface area contributed by atoms with E-state index >= 15 is 0 Å². The Balaban J connectivity index is 1.62. The van der Waals surface area contributed by atoms with Crippen LogP contribution in [0.3, 0.4) is 0 Å². The number of nitrogens with one attached hydrogen (secondary N) is 2. The van der Waals surface area contributed by atoms with Gasteiger partial charge in [0, 0.05) is 13.5 Å². The number of hydrogen-bond donors (Lipinski definition) is 3. The fraction of sp³-hybridized carbons (Fsp3) is 0.214. The van der Waals surface area contributed by atoms with E-state index < -0.39 is 29.2 Å². The molecule has 9 nitrogen and oxygen atoms in total. The third kappa shape index (κ3) is 5.90. The van der Waals surface area contributed by atoms with E-state index in [9.17, 15) is 24.3 Å². The van der Waals surface area contributed by atoms with Crippen molar-refractivity contribution in [3.05, 3.63) is 108 Å². The first kappa shape index (κ1) is 28.1. The monoisotopic (exact) mass is 568 g/mol. The van der Waals surface area contributed by atoms with E-state index in [0.29, 0.717) is 22.2 Å². The molecule has 0 aliphatic carbocycles. The summed E-state index contributed by atoms with van der Waals surface area (Å²) >= 11 is 12.2. The van der Waals surface area contributed by atoms with E-state index in [1.54, 1.807) is 49.5 Å². The molecule has 0 radical (unpaired) electrons. The highest BCUT2D eigenvalue weighted by Gasteiger charge is 2.24. The van der Waals surface area contributed by atoms with Gasteiger partial charge in [-0.05, 0) is 67.5 Å². The van der Waals surface area contributed by atoms with Gasteiger partial charge in [0.05, 0.1) is 32.2 Å². The van der Waals surface area contributed by atoms with Crippen LogP contribution in [0.25, 0.3) is 16.6 Å². The van der Waals surface area contributed by atoms with Gasteiger partial charge in [-0.15, -0.1) is 0 Å². The molecule has 1 aromatic heterocycles. The fourth-order valence-electron chi connectivity index (χ4n) is 4.32. The maximum Gasteiger partial charge on any atom is 0.335 e. The first-order chi connectivity index (χ1) is 18.6. The van der Waals surface area contributed by atoms with Crippen molar-refractivity contribution in [1.82, 2.24) is 19.8 Å². The Labute approximate surface area is 233 Å². The zero-order chi connectivity index (χ0) is 28.3. The summed E-state index contributed by atoms with van der Waals surface area (Å²) in [5, 5.41) is 15.9. The number of hydrogen-bond acceptors (Lipinski definition) is 5. The van der Waals surface area contributed by atoms with Crippen molar-refractivity contribution in [2.75, 3.05) is 13.6 Å². The zero-order valence-corrected chi connectivity index (χ0v) is 22.7. The lowest BCUT2D eigenvalue weighted by atomic mass is 10.0. The van der Waals surface area contributed by atoms with Gasteiger partial charge < -0.3 is 15.7 Å². The van der Waals surface area contributed by atoms with E-state index in [1.807, 2.05) is 13.1 Å². The molecule has 3 aromatic carbocycles. The van der Waals surface area contributed by atoms with E-state index in [0.717, 1.165) is 23.1 Å². The van der Waals surface area contributed by atoms with Crippen LogP contribution >= 0.6 is 23.2 Å². The second-order valence-corrected chi connectivity index (χ2v) is 9.83. The Morgan fingerprint density at radius 1 is 0.974 bits per heavy atom. The number of carboxylic acid groups (broad SMARTS) is 1. The van der Waals surface area contributed by atoms with E-state index in [1.165, 1.54) is 16.7 Å². The number of carboxylic acids is 1. The summed E-state index contributed by atoms with van der Waals surface area (Å²) in [5.41, 5.74) is 1.44. The zero-order valence-electron chi connectivity index (χ0n) is 21.2. The summed E-state index contributed by atoms with van der Waals surface area (Å²) < 4.78 is 2.51. The van der Waals surface area contributed by atoms with Crippen molar-refractivity contribution in [2.45, 2.75) is 18.9 Å². The van der Waals surface area contributed by atoms with Crippen LogP contribution in [0.2, 0.25) is 10.0 Å². The van der Waals surface area contributed by atoms with Gasteiger partial charge in [0.2, 0.25) is 0 Å². The molecule has 39 heavy (non-hydrogen) atoms. The molecule has 11 heteroatoms. The molecular formula is C28H26Cl2N4O5. The van der Waals surface area contributed by atoms with Gasteiger partial charge in [-0.1, -0.05) is 47.5 Å². The standard InChI is InChI=1S/C28H26Cl2N4O5/c1-31-13-12-17-8-11-23-19(14-17)26(36)34(28(39)33(23)2)18-9-6-16(7-10-18)15-22(27(37)38)32-25(35)24-20(29)4-3-5-21(24)30/h3-11,14,22,31H,12-13,15H2,1-2H3,(H,32,35)(H,37,38)/t22-/m0/s1. The number of aliphatic carboxylic acids is 1. The topological polar surface area (TPSA) is 122 Å². The minimum Gasteiger partial charge on any atom is -0.480 e. The number of aryl methyl sites for hydroxylation is 1. The predicted octanol–water partition coefficient (Wildman–Crippen LogP) is 3.18. The molecule has 0 aliphatic rings. The Hall–Kier alpha value is -3.92. The van der Waals surface area contributed by atoms with E-state index in [-0.39, 0.29) is 22.0 Å². The average Bonchev–Trinajstić information content (AvgIpc) is 2.91. The van der Waals surface area contributed by atoms with Gasteiger partial charge >= 0.3 is 11.7 Å². The number of rotatable bonds is 9. The SMILES string of the molecule is CNCCc1ccc2c(c1)c(=O)n(-c1ccc(C[C@H](NC(=O)c3c(Cl)cccc3Cl)C(=O)O)cc1)c(=O)n2C. The van der Waals surface area contributed by atoms with Crippen molar-refractivity contribution >= 4 is 46.0 Å². The van der Waals surface area contributed by atoms with Crippen LogP contribution in [0.15, 0.2) is 70.3 Å². The van der Waals surface area contributed by atoms with Gasteiger partial charge in [-0.25, -0.2) is 14.2 Å². The summed E-state index contributed by atoms with van der Waals surface area (Å²) in [6, 6.07) is 15.1. The van der Waals surface area contributed by atoms with E-state index in [4.69, 9.17) is 23.2 Å². The smallest absolute Gasteiger partial charge is 0.335 e. The normalized spacial score (nSPS) is 11.9. The Morgan fingerprint density at radius 3 is 2.23 bits per heavy atom. The summed E-state index contributed by atoms with van der Waals surface area (Å²) in [5.74, 6) is -1.96. The molecule has 0 spiro atoms. The predicted molar refractivity (Wildman–Crippen MR) is 151 cm³/mol. The summed E-state index contributed by atoms with van der Waals surface area (Å²) in [6.07, 6.45) is 0.677. The number of benzene rings is 3. The molecule has 0 saturated heterocycles. The first-order valence-corrected chi connectivity index (χ1v) is 12.8. The largest absolute Gasteiger partial charge is 0.480 e. The minimum atomic E-state index is -1.28. The molecule has 0 bridgehead atoms. The van der Waals surface area contributed by atoms with Crippen LogP contribution in [0.1, 0.15) is 21.5 Å². The highest BCUT2D eigenvalue weighted by molar-refractivity contribution is 6.39. The third-order valence-electron chi connectivity index (χ3n) is 6.43. The number of carbonyl (C=O) groups excluding carboxylic acids is 1. The molecular weight excluding hydrogens is 543 g/mol. The number of halogens is 2. The van der Waals surface area contributed by atoms with Crippen LogP contribution < -0.4 is 21.9 Å². The molecule has 1 amide bonds. The lowest BCUT2D eigenvalue weighted by Crippen LogP contribution is -2.42. The maximum absolute atomic E-state index is 13.4. The number of amides is 1. The van der Waals surface area contributed by atoms with Crippen LogP contribution in [-0.4, -0.2) is 45.8 Å². The van der Waals surface area contributed by atoms with Crippen LogP contribution in [0, 0.1) is 0 Å². The first-order valence-electron chi connectivity index (χ1n) is 12.1. The van der Waals surface area contributed by atoms with Crippen LogP contribution in [-0.2, 0) is 24.7 Å². The molecule has 0 fully saturated rings. The van der Waals surface area contributed by atoms with Crippen LogP contribution in [0.5, 0.6) is 0 Å². The molecule has 202 valence electrons. The average molecular weight is 569 g/mol. The van der Waals surface area contributed by atoms with Crippen molar-refractivity contribution in [2.24, 2.45) is 7.05 Å². The van der Waals surface area contributed by atoms with Crippen molar-refractivity contribution in [3.63, 3.8) is 0 Å². The number of likely N-dealkylation sites (N-methyl/N-ethyl adjacent to an activating group) is 1. The lowest BCUT2D eigenvalue weighted by molar-refractivity contribution is -0.139. The van der Waals surface area contributed by atoms with Crippen molar-refractivity contribution < 1.29 is 14.7 Å². The van der Waals surface area contributed by atoms with Crippen LogP contribution in [0.4, 0.5) is 0 Å². The summed E-state index contributed by atoms with van der Waals surface area (Å²) in [6.45, 7) is 0.746. The van der Waals surface area contributed by atoms with Gasteiger partial charge in [0.15, 0.2) is 0 Å². The van der Waals surface area contributed by atoms with Gasteiger partial charge in [0.25, 0.3) is 11.5 Å². The molecule has 0 unspecified atom stereocenters. The van der Waals surface area contributed by atoms with Crippen molar-refractivity contribution in [1.29, 1.82) is 0 Å². The number of carbonyl (C=O) groups is 2. The highest BCUT2D eigenvalue weighted by Crippen LogP contribution is 2.24. The highest BCUT2D eigenvalue weighted by atomic mass is 35.5. The second-order valence-electron chi connectivity index (χ2n) is 9.02. The minimum absolute atomic E-state index is 0.0110. The molecule has 4 rings (SSSR count). The molecule has 1 heterocycles. The second kappa shape index (κ2) is 11.9. The number of nitrogens with zero attached hydrogens (tertiary/aromatic N) is 2. The summed E-state index contributed by atoms with van der Waals surface area (Å²) in [4.78, 5) is 51.1. The number of fused-ring (bicyclic) bond motifs is 1. The van der Waals surface area contributed by atoms with Gasteiger partial charge in [0.1, 0.15) is 6.04 Å². The van der Waals surface area contributed by atoms with Gasteiger partial charge in [-0.3, -0.25) is 14.2 Å². The molecule has 4 aromatic rings. The molecule has 1 atom stereocenters. The number of aromatic nitrogens is 2. The Kier molecular flexibility index (Phi) is 8.54.